The number of aryl methyl sites for hydroxylation is 1. The van der Waals surface area contributed by atoms with Crippen molar-refractivity contribution >= 4 is 28.2 Å². The molecule has 5 heteroatoms. The Morgan fingerprint density at radius 3 is 2.50 bits per heavy atom. The molecule has 4 nitrogen and oxygen atoms in total. The van der Waals surface area contributed by atoms with E-state index in [1.165, 1.54) is 11.3 Å². The van der Waals surface area contributed by atoms with Crippen LogP contribution in [0.15, 0.2) is 6.07 Å². The van der Waals surface area contributed by atoms with Crippen LogP contribution in [0.5, 0.6) is 0 Å². The number of amides is 2. The van der Waals surface area contributed by atoms with E-state index in [2.05, 4.69) is 17.6 Å². The van der Waals surface area contributed by atoms with Gasteiger partial charge < -0.3 is 10.6 Å². The van der Waals surface area contributed by atoms with Gasteiger partial charge in [0.2, 0.25) is 5.91 Å². The average molecular weight is 296 g/mol. The quantitative estimate of drug-likeness (QED) is 0.816. The van der Waals surface area contributed by atoms with Crippen molar-refractivity contribution in [3.63, 3.8) is 0 Å². The lowest BCUT2D eigenvalue weighted by Gasteiger charge is -2.16. The molecule has 1 aromatic rings. The molecule has 0 saturated heterocycles. The molecular weight excluding hydrogens is 272 g/mol. The van der Waals surface area contributed by atoms with E-state index < -0.39 is 5.41 Å². The predicted molar refractivity (Wildman–Crippen MR) is 84.4 cm³/mol. The van der Waals surface area contributed by atoms with Crippen molar-refractivity contribution < 1.29 is 9.59 Å². The minimum atomic E-state index is -0.443. The van der Waals surface area contributed by atoms with Gasteiger partial charge in [-0.3, -0.25) is 9.59 Å². The summed E-state index contributed by atoms with van der Waals surface area (Å²) in [5.41, 5.74) is 0.453. The van der Waals surface area contributed by atoms with Crippen molar-refractivity contribution in [3.8, 4) is 0 Å². The third-order valence-corrected chi connectivity index (χ3v) is 4.01. The van der Waals surface area contributed by atoms with Gasteiger partial charge in [-0.15, -0.1) is 11.3 Å². The zero-order valence-electron chi connectivity index (χ0n) is 12.9. The highest BCUT2D eigenvalue weighted by molar-refractivity contribution is 7.18. The molecule has 0 atom stereocenters. The zero-order valence-corrected chi connectivity index (χ0v) is 13.7. The predicted octanol–water partition coefficient (Wildman–Crippen LogP) is 3.57. The second-order valence-electron chi connectivity index (χ2n) is 5.94. The van der Waals surface area contributed by atoms with Crippen LogP contribution in [0.3, 0.4) is 0 Å². The average Bonchev–Trinajstić information content (AvgIpc) is 2.69. The van der Waals surface area contributed by atoms with Crippen molar-refractivity contribution in [2.75, 3.05) is 11.9 Å². The fourth-order valence-electron chi connectivity index (χ4n) is 1.53. The Morgan fingerprint density at radius 1 is 1.30 bits per heavy atom. The topological polar surface area (TPSA) is 58.2 Å². The van der Waals surface area contributed by atoms with Crippen LogP contribution in [0, 0.1) is 12.3 Å². The summed E-state index contributed by atoms with van der Waals surface area (Å²) in [7, 11) is 0. The van der Waals surface area contributed by atoms with Gasteiger partial charge in [-0.05, 0) is 25.0 Å². The molecule has 0 aliphatic carbocycles. The van der Waals surface area contributed by atoms with Crippen LogP contribution in [0.2, 0.25) is 0 Å². The molecule has 1 rings (SSSR count). The van der Waals surface area contributed by atoms with Crippen LogP contribution in [0.1, 0.15) is 55.8 Å². The van der Waals surface area contributed by atoms with Crippen LogP contribution in [-0.4, -0.2) is 18.4 Å². The van der Waals surface area contributed by atoms with E-state index in [1.807, 2.05) is 33.8 Å². The Hall–Kier alpha value is -1.36. The van der Waals surface area contributed by atoms with Gasteiger partial charge >= 0.3 is 0 Å². The van der Waals surface area contributed by atoms with Gasteiger partial charge in [-0.1, -0.05) is 34.1 Å². The number of thiophene rings is 1. The highest BCUT2D eigenvalue weighted by atomic mass is 32.1. The molecule has 0 aliphatic heterocycles. The maximum Gasteiger partial charge on any atom is 0.261 e. The SMILES string of the molecule is CCCCNC(=O)c1sc(NC(=O)C(C)(C)C)cc1C. The first kappa shape index (κ1) is 16.7. The van der Waals surface area contributed by atoms with E-state index in [0.717, 1.165) is 23.4 Å². The lowest BCUT2D eigenvalue weighted by atomic mass is 9.96. The van der Waals surface area contributed by atoms with Crippen molar-refractivity contribution in [2.24, 2.45) is 5.41 Å². The number of anilines is 1. The minimum absolute atomic E-state index is 0.0447. The molecule has 0 spiro atoms. The first-order chi connectivity index (χ1) is 9.25. The lowest BCUT2D eigenvalue weighted by Crippen LogP contribution is -2.27. The van der Waals surface area contributed by atoms with E-state index in [0.29, 0.717) is 11.4 Å². The van der Waals surface area contributed by atoms with Gasteiger partial charge in [-0.25, -0.2) is 0 Å². The van der Waals surface area contributed by atoms with Crippen molar-refractivity contribution in [1.29, 1.82) is 0 Å². The fourth-order valence-corrected chi connectivity index (χ4v) is 2.51. The van der Waals surface area contributed by atoms with Crippen LogP contribution in [0.25, 0.3) is 0 Å². The Balaban J connectivity index is 2.73. The summed E-state index contributed by atoms with van der Waals surface area (Å²) < 4.78 is 0. The highest BCUT2D eigenvalue weighted by Gasteiger charge is 2.22. The second kappa shape index (κ2) is 6.88. The summed E-state index contributed by atoms with van der Waals surface area (Å²) in [6.07, 6.45) is 2.03. The molecule has 0 radical (unpaired) electrons. The molecule has 20 heavy (non-hydrogen) atoms. The Bertz CT molecular complexity index is 487. The molecule has 0 bridgehead atoms. The van der Waals surface area contributed by atoms with E-state index in [4.69, 9.17) is 0 Å². The fraction of sp³-hybridized carbons (Fsp3) is 0.600. The maximum absolute atomic E-state index is 12.0. The van der Waals surface area contributed by atoms with E-state index in [1.54, 1.807) is 0 Å². The van der Waals surface area contributed by atoms with E-state index >= 15 is 0 Å². The van der Waals surface area contributed by atoms with Gasteiger partial charge in [0.25, 0.3) is 5.91 Å². The maximum atomic E-state index is 12.0. The van der Waals surface area contributed by atoms with Crippen LogP contribution in [0.4, 0.5) is 5.00 Å². The molecule has 2 amide bonds. The number of unbranched alkanes of at least 4 members (excludes halogenated alkanes) is 1. The summed E-state index contributed by atoms with van der Waals surface area (Å²) in [5.74, 6) is -0.103. The number of carbonyl (C=O) groups is 2. The van der Waals surface area contributed by atoms with Gasteiger partial charge in [0.1, 0.15) is 0 Å². The molecule has 0 fully saturated rings. The summed E-state index contributed by atoms with van der Waals surface area (Å²) in [6, 6.07) is 1.85. The van der Waals surface area contributed by atoms with Gasteiger partial charge in [0, 0.05) is 12.0 Å². The molecular formula is C15H24N2O2S. The third-order valence-electron chi connectivity index (χ3n) is 2.86. The molecule has 0 saturated carbocycles. The number of carbonyl (C=O) groups excluding carboxylic acids is 2. The largest absolute Gasteiger partial charge is 0.351 e. The Labute approximate surface area is 125 Å². The monoisotopic (exact) mass is 296 g/mol. The second-order valence-corrected chi connectivity index (χ2v) is 6.99. The highest BCUT2D eigenvalue weighted by Crippen LogP contribution is 2.28. The van der Waals surface area contributed by atoms with Gasteiger partial charge in [0.15, 0.2) is 0 Å². The molecule has 1 heterocycles. The molecule has 0 aliphatic rings. The first-order valence-electron chi connectivity index (χ1n) is 6.95. The minimum Gasteiger partial charge on any atom is -0.351 e. The van der Waals surface area contributed by atoms with Crippen LogP contribution < -0.4 is 10.6 Å². The zero-order chi connectivity index (χ0) is 15.3. The van der Waals surface area contributed by atoms with Crippen molar-refractivity contribution in [1.82, 2.24) is 5.32 Å². The Kier molecular flexibility index (Phi) is 5.74. The molecule has 0 unspecified atom stereocenters. The summed E-state index contributed by atoms with van der Waals surface area (Å²) in [4.78, 5) is 24.6. The van der Waals surface area contributed by atoms with Gasteiger partial charge in [-0.2, -0.15) is 0 Å². The van der Waals surface area contributed by atoms with Crippen molar-refractivity contribution in [3.05, 3.63) is 16.5 Å². The first-order valence-corrected chi connectivity index (χ1v) is 7.77. The summed E-state index contributed by atoms with van der Waals surface area (Å²) in [6.45, 7) is 10.3. The lowest BCUT2D eigenvalue weighted by molar-refractivity contribution is -0.123. The standard InChI is InChI=1S/C15H24N2O2S/c1-6-7-8-16-13(18)12-10(2)9-11(20-12)17-14(19)15(3,4)5/h9H,6-8H2,1-5H3,(H,16,18)(H,17,19). The summed E-state index contributed by atoms with van der Waals surface area (Å²) >= 11 is 1.33. The smallest absolute Gasteiger partial charge is 0.261 e. The number of nitrogens with one attached hydrogen (secondary N) is 2. The number of hydrogen-bond donors (Lipinski definition) is 2. The molecule has 112 valence electrons. The molecule has 1 aromatic heterocycles. The Morgan fingerprint density at radius 2 is 1.95 bits per heavy atom. The van der Waals surface area contributed by atoms with Crippen LogP contribution in [-0.2, 0) is 4.79 Å². The summed E-state index contributed by atoms with van der Waals surface area (Å²) in [5, 5.41) is 6.49. The molecule has 0 aromatic carbocycles. The molecule has 2 N–H and O–H groups in total. The third kappa shape index (κ3) is 4.63. The normalized spacial score (nSPS) is 11.2. The number of rotatable bonds is 5. The van der Waals surface area contributed by atoms with Crippen molar-refractivity contribution in [2.45, 2.75) is 47.5 Å². The van der Waals surface area contributed by atoms with Gasteiger partial charge in [0.05, 0.1) is 9.88 Å². The van der Waals surface area contributed by atoms with E-state index in [-0.39, 0.29) is 11.8 Å². The van der Waals surface area contributed by atoms with Crippen LogP contribution >= 0.6 is 11.3 Å². The van der Waals surface area contributed by atoms with E-state index in [9.17, 15) is 9.59 Å². The number of hydrogen-bond acceptors (Lipinski definition) is 3.